The molecule has 1 heterocycles. The Kier molecular flexibility index (Phi) is 5.22. The summed E-state index contributed by atoms with van der Waals surface area (Å²) in [6.45, 7) is 4.72. The van der Waals surface area contributed by atoms with Crippen LogP contribution in [0.3, 0.4) is 0 Å². The van der Waals surface area contributed by atoms with Crippen LogP contribution in [-0.2, 0) is 16.1 Å². The number of aliphatic carboxylic acids is 1. The summed E-state index contributed by atoms with van der Waals surface area (Å²) in [5.41, 5.74) is 0.912. The summed E-state index contributed by atoms with van der Waals surface area (Å²) in [5, 5.41) is 10.4. The molecule has 1 N–H and O–H groups in total. The van der Waals surface area contributed by atoms with Gasteiger partial charge in [0.05, 0.1) is 12.7 Å². The van der Waals surface area contributed by atoms with Crippen LogP contribution in [0.2, 0.25) is 0 Å². The Hall–Kier alpha value is -1.13. The number of carboxylic acid groups (broad SMARTS) is 1. The van der Waals surface area contributed by atoms with Gasteiger partial charge in [-0.15, -0.1) is 11.3 Å². The van der Waals surface area contributed by atoms with Gasteiger partial charge in [0.25, 0.3) is 0 Å². The number of hydrogen-bond acceptors (Lipinski definition) is 3. The van der Waals surface area contributed by atoms with E-state index in [9.17, 15) is 4.79 Å². The predicted molar refractivity (Wildman–Crippen MR) is 65.5 cm³/mol. The van der Waals surface area contributed by atoms with E-state index in [-0.39, 0.29) is 6.10 Å². The zero-order chi connectivity index (χ0) is 12.0. The van der Waals surface area contributed by atoms with Crippen LogP contribution < -0.4 is 0 Å². The van der Waals surface area contributed by atoms with Gasteiger partial charge in [0, 0.05) is 11.0 Å². The summed E-state index contributed by atoms with van der Waals surface area (Å²) in [5.74, 6) is -0.927. The summed E-state index contributed by atoms with van der Waals surface area (Å²) >= 11 is 1.58. The first kappa shape index (κ1) is 12.9. The molecule has 1 atom stereocenters. The molecular weight excluding hydrogens is 224 g/mol. The summed E-state index contributed by atoms with van der Waals surface area (Å²) in [4.78, 5) is 11.4. The van der Waals surface area contributed by atoms with Crippen molar-refractivity contribution in [1.82, 2.24) is 0 Å². The normalized spacial score (nSPS) is 13.1. The fourth-order valence-corrected chi connectivity index (χ4v) is 1.84. The van der Waals surface area contributed by atoms with Crippen LogP contribution in [0.15, 0.2) is 17.5 Å². The Bertz CT molecular complexity index is 368. The first-order chi connectivity index (χ1) is 7.61. The van der Waals surface area contributed by atoms with Gasteiger partial charge in [0.2, 0.25) is 0 Å². The molecule has 0 radical (unpaired) electrons. The van der Waals surface area contributed by atoms with E-state index in [0.717, 1.165) is 22.9 Å². The van der Waals surface area contributed by atoms with Gasteiger partial charge >= 0.3 is 5.97 Å². The molecule has 0 aliphatic carbocycles. The lowest BCUT2D eigenvalue weighted by atomic mass is 10.3. The average Bonchev–Trinajstić information content (AvgIpc) is 2.71. The van der Waals surface area contributed by atoms with Crippen molar-refractivity contribution in [3.63, 3.8) is 0 Å². The highest BCUT2D eigenvalue weighted by Gasteiger charge is 2.02. The summed E-state index contributed by atoms with van der Waals surface area (Å²) in [7, 11) is 0. The Morgan fingerprint density at radius 3 is 3.06 bits per heavy atom. The molecule has 0 amide bonds. The first-order valence-electron chi connectivity index (χ1n) is 5.21. The fourth-order valence-electron chi connectivity index (χ4n) is 1.07. The third-order valence-electron chi connectivity index (χ3n) is 2.18. The minimum atomic E-state index is -0.927. The van der Waals surface area contributed by atoms with E-state index in [1.807, 2.05) is 18.4 Å². The van der Waals surface area contributed by atoms with Gasteiger partial charge in [0.15, 0.2) is 0 Å². The number of thiophene rings is 1. The van der Waals surface area contributed by atoms with E-state index in [1.165, 1.54) is 0 Å². The SMILES string of the molecule is CCC(C)OCc1cc(C=CC(=O)O)cs1. The Morgan fingerprint density at radius 1 is 1.69 bits per heavy atom. The van der Waals surface area contributed by atoms with Crippen molar-refractivity contribution >= 4 is 23.4 Å². The van der Waals surface area contributed by atoms with Crippen LogP contribution in [0.4, 0.5) is 0 Å². The molecule has 88 valence electrons. The first-order valence-corrected chi connectivity index (χ1v) is 6.09. The lowest BCUT2D eigenvalue weighted by molar-refractivity contribution is -0.131. The highest BCUT2D eigenvalue weighted by Crippen LogP contribution is 2.17. The molecule has 0 aliphatic heterocycles. The molecule has 3 nitrogen and oxygen atoms in total. The van der Waals surface area contributed by atoms with Crippen molar-refractivity contribution in [2.45, 2.75) is 33.0 Å². The summed E-state index contributed by atoms with van der Waals surface area (Å²) in [6.07, 6.45) is 3.99. The number of carboxylic acids is 1. The molecule has 1 aromatic heterocycles. The maximum absolute atomic E-state index is 10.3. The van der Waals surface area contributed by atoms with Crippen molar-refractivity contribution in [3.05, 3.63) is 28.0 Å². The minimum absolute atomic E-state index is 0.264. The second-order valence-electron chi connectivity index (χ2n) is 3.55. The lowest BCUT2D eigenvalue weighted by Crippen LogP contribution is -2.04. The van der Waals surface area contributed by atoms with Crippen LogP contribution in [0, 0.1) is 0 Å². The molecule has 1 aromatic rings. The van der Waals surface area contributed by atoms with Crippen molar-refractivity contribution < 1.29 is 14.6 Å². The van der Waals surface area contributed by atoms with Crippen LogP contribution in [0.5, 0.6) is 0 Å². The quantitative estimate of drug-likeness (QED) is 0.777. The van der Waals surface area contributed by atoms with E-state index < -0.39 is 5.97 Å². The third kappa shape index (κ3) is 4.59. The molecule has 0 saturated carbocycles. The van der Waals surface area contributed by atoms with Crippen LogP contribution in [0.1, 0.15) is 30.7 Å². The third-order valence-corrected chi connectivity index (χ3v) is 3.11. The van der Waals surface area contributed by atoms with Gasteiger partial charge in [-0.05, 0) is 36.4 Å². The molecule has 1 unspecified atom stereocenters. The molecule has 16 heavy (non-hydrogen) atoms. The van der Waals surface area contributed by atoms with Crippen LogP contribution >= 0.6 is 11.3 Å². The molecule has 0 fully saturated rings. The zero-order valence-electron chi connectivity index (χ0n) is 9.47. The number of carbonyl (C=O) groups is 1. The number of rotatable bonds is 6. The van der Waals surface area contributed by atoms with E-state index in [4.69, 9.17) is 9.84 Å². The second kappa shape index (κ2) is 6.45. The van der Waals surface area contributed by atoms with Gasteiger partial charge in [-0.2, -0.15) is 0 Å². The van der Waals surface area contributed by atoms with Gasteiger partial charge in [0.1, 0.15) is 0 Å². The summed E-state index contributed by atoms with van der Waals surface area (Å²) in [6, 6.07) is 1.95. The molecule has 0 saturated heterocycles. The standard InChI is InChI=1S/C12H16O3S/c1-3-9(2)15-7-11-6-10(8-16-11)4-5-12(13)14/h4-6,8-9H,3,7H2,1-2H3,(H,13,14). The van der Waals surface area contributed by atoms with Gasteiger partial charge < -0.3 is 9.84 Å². The molecule has 1 rings (SSSR count). The highest BCUT2D eigenvalue weighted by atomic mass is 32.1. The molecule has 0 spiro atoms. The topological polar surface area (TPSA) is 46.5 Å². The number of ether oxygens (including phenoxy) is 1. The predicted octanol–water partition coefficient (Wildman–Crippen LogP) is 3.16. The van der Waals surface area contributed by atoms with Crippen molar-refractivity contribution in [2.24, 2.45) is 0 Å². The fraction of sp³-hybridized carbons (Fsp3) is 0.417. The Balaban J connectivity index is 2.48. The monoisotopic (exact) mass is 240 g/mol. The number of hydrogen-bond donors (Lipinski definition) is 1. The zero-order valence-corrected chi connectivity index (χ0v) is 10.3. The second-order valence-corrected chi connectivity index (χ2v) is 4.54. The maximum atomic E-state index is 10.3. The smallest absolute Gasteiger partial charge is 0.328 e. The van der Waals surface area contributed by atoms with Crippen molar-refractivity contribution in [1.29, 1.82) is 0 Å². The molecule has 0 aromatic carbocycles. The van der Waals surface area contributed by atoms with Crippen LogP contribution in [-0.4, -0.2) is 17.2 Å². The van der Waals surface area contributed by atoms with Crippen molar-refractivity contribution in [2.75, 3.05) is 0 Å². The Labute approximate surface area is 99.4 Å². The van der Waals surface area contributed by atoms with E-state index >= 15 is 0 Å². The molecule has 4 heteroatoms. The maximum Gasteiger partial charge on any atom is 0.328 e. The van der Waals surface area contributed by atoms with E-state index in [0.29, 0.717) is 6.61 Å². The summed E-state index contributed by atoms with van der Waals surface area (Å²) < 4.78 is 5.59. The molecule has 0 aliphatic rings. The van der Waals surface area contributed by atoms with Crippen molar-refractivity contribution in [3.8, 4) is 0 Å². The van der Waals surface area contributed by atoms with Gasteiger partial charge in [-0.3, -0.25) is 0 Å². The molecular formula is C12H16O3S. The van der Waals surface area contributed by atoms with E-state index in [2.05, 4.69) is 6.92 Å². The molecule has 0 bridgehead atoms. The van der Waals surface area contributed by atoms with Gasteiger partial charge in [-0.25, -0.2) is 4.79 Å². The van der Waals surface area contributed by atoms with Gasteiger partial charge in [-0.1, -0.05) is 6.92 Å². The van der Waals surface area contributed by atoms with E-state index in [1.54, 1.807) is 17.4 Å². The largest absolute Gasteiger partial charge is 0.478 e. The van der Waals surface area contributed by atoms with Crippen LogP contribution in [0.25, 0.3) is 6.08 Å². The average molecular weight is 240 g/mol. The Morgan fingerprint density at radius 2 is 2.44 bits per heavy atom. The minimum Gasteiger partial charge on any atom is -0.478 e. The highest BCUT2D eigenvalue weighted by molar-refractivity contribution is 7.10. The lowest BCUT2D eigenvalue weighted by Gasteiger charge is -2.08.